The van der Waals surface area contributed by atoms with Gasteiger partial charge in [0.2, 0.25) is 10.0 Å². The highest BCUT2D eigenvalue weighted by atomic mass is 127. The number of nitrogens with one attached hydrogen (secondary N) is 2. The Kier molecular flexibility index (Phi) is 11.8. The first kappa shape index (κ1) is 23.9. The third kappa shape index (κ3) is 10.5. The van der Waals surface area contributed by atoms with Gasteiger partial charge in [0.1, 0.15) is 5.75 Å². The molecule has 0 spiro atoms. The second-order valence-electron chi connectivity index (χ2n) is 5.43. The molecule has 0 aromatic heterocycles. The average Bonchev–Trinajstić information content (AvgIpc) is 2.52. The lowest BCUT2D eigenvalue weighted by Gasteiger charge is -2.22. The number of benzene rings is 1. The standard InChI is InChI=1S/C16H28N4O3S.HI/c1-5-23-15-9-7-14(8-10-15)13-20(3)16(17-2)18-11-6-12-19-24(4,21)22;/h7-10,19H,5-6,11-13H2,1-4H3,(H,17,18);1H. The van der Waals surface area contributed by atoms with Gasteiger partial charge in [0, 0.05) is 33.7 Å². The van der Waals surface area contributed by atoms with Crippen LogP contribution in [0.3, 0.4) is 0 Å². The monoisotopic (exact) mass is 484 g/mol. The van der Waals surface area contributed by atoms with Gasteiger partial charge in [-0.1, -0.05) is 12.1 Å². The van der Waals surface area contributed by atoms with Crippen LogP contribution in [0.1, 0.15) is 18.9 Å². The van der Waals surface area contributed by atoms with E-state index in [4.69, 9.17) is 4.74 Å². The van der Waals surface area contributed by atoms with E-state index in [9.17, 15) is 8.42 Å². The van der Waals surface area contributed by atoms with Crippen LogP contribution in [-0.2, 0) is 16.6 Å². The zero-order valence-electron chi connectivity index (χ0n) is 15.3. The molecule has 0 saturated heterocycles. The van der Waals surface area contributed by atoms with Gasteiger partial charge >= 0.3 is 0 Å². The van der Waals surface area contributed by atoms with Gasteiger partial charge in [0.25, 0.3) is 0 Å². The van der Waals surface area contributed by atoms with Crippen LogP contribution in [0.4, 0.5) is 0 Å². The van der Waals surface area contributed by atoms with Crippen LogP contribution < -0.4 is 14.8 Å². The number of nitrogens with zero attached hydrogens (tertiary/aromatic N) is 2. The van der Waals surface area contributed by atoms with Crippen LogP contribution in [0.5, 0.6) is 5.75 Å². The summed E-state index contributed by atoms with van der Waals surface area (Å²) in [7, 11) is 0.563. The predicted molar refractivity (Wildman–Crippen MR) is 113 cm³/mol. The van der Waals surface area contributed by atoms with E-state index in [-0.39, 0.29) is 24.0 Å². The van der Waals surface area contributed by atoms with Crippen molar-refractivity contribution in [2.24, 2.45) is 4.99 Å². The molecule has 0 saturated carbocycles. The van der Waals surface area contributed by atoms with Crippen molar-refractivity contribution in [1.82, 2.24) is 14.9 Å². The number of sulfonamides is 1. The summed E-state index contributed by atoms with van der Waals surface area (Å²) in [4.78, 5) is 6.26. The van der Waals surface area contributed by atoms with Crippen LogP contribution in [0.25, 0.3) is 0 Å². The third-order valence-corrected chi connectivity index (χ3v) is 3.96. The van der Waals surface area contributed by atoms with Crippen molar-refractivity contribution in [3.63, 3.8) is 0 Å². The lowest BCUT2D eigenvalue weighted by Crippen LogP contribution is -2.39. The average molecular weight is 484 g/mol. The maximum atomic E-state index is 11.0. The first-order valence-corrected chi connectivity index (χ1v) is 9.83. The first-order chi connectivity index (χ1) is 11.4. The summed E-state index contributed by atoms with van der Waals surface area (Å²) >= 11 is 0. The summed E-state index contributed by atoms with van der Waals surface area (Å²) in [6, 6.07) is 7.98. The number of ether oxygens (including phenoxy) is 1. The predicted octanol–water partition coefficient (Wildman–Crippen LogP) is 1.65. The molecular formula is C16H29IN4O3S. The number of aliphatic imine (C=N–C) groups is 1. The highest BCUT2D eigenvalue weighted by Crippen LogP contribution is 2.13. The summed E-state index contributed by atoms with van der Waals surface area (Å²) < 4.78 is 29.9. The molecule has 1 rings (SSSR count). The van der Waals surface area contributed by atoms with Crippen molar-refractivity contribution >= 4 is 40.0 Å². The molecule has 0 unspecified atom stereocenters. The van der Waals surface area contributed by atoms with Crippen LogP contribution in [0, 0.1) is 0 Å². The lowest BCUT2D eigenvalue weighted by molar-refractivity contribution is 0.340. The second-order valence-corrected chi connectivity index (χ2v) is 7.26. The second kappa shape index (κ2) is 12.3. The molecule has 0 amide bonds. The molecule has 0 heterocycles. The van der Waals surface area contributed by atoms with E-state index < -0.39 is 10.0 Å². The molecule has 1 aromatic rings. The fourth-order valence-electron chi connectivity index (χ4n) is 2.14. The molecule has 7 nitrogen and oxygen atoms in total. The minimum Gasteiger partial charge on any atom is -0.494 e. The van der Waals surface area contributed by atoms with Crippen molar-refractivity contribution in [2.75, 3.05) is 40.0 Å². The van der Waals surface area contributed by atoms with Gasteiger partial charge in [0.15, 0.2) is 5.96 Å². The van der Waals surface area contributed by atoms with Gasteiger partial charge in [-0.15, -0.1) is 24.0 Å². The molecule has 9 heteroatoms. The summed E-state index contributed by atoms with van der Waals surface area (Å²) in [5.74, 6) is 1.63. The summed E-state index contributed by atoms with van der Waals surface area (Å²) in [6.45, 7) is 4.38. The molecule has 25 heavy (non-hydrogen) atoms. The van der Waals surface area contributed by atoms with Gasteiger partial charge < -0.3 is 15.0 Å². The Labute approximate surface area is 168 Å². The Balaban J connectivity index is 0.00000576. The highest BCUT2D eigenvalue weighted by Gasteiger charge is 2.07. The highest BCUT2D eigenvalue weighted by molar-refractivity contribution is 14.0. The molecule has 0 atom stereocenters. The van der Waals surface area contributed by atoms with Crippen molar-refractivity contribution < 1.29 is 13.2 Å². The van der Waals surface area contributed by atoms with Gasteiger partial charge in [-0.05, 0) is 31.0 Å². The molecule has 0 aliphatic heterocycles. The minimum absolute atomic E-state index is 0. The molecule has 2 N–H and O–H groups in total. The topological polar surface area (TPSA) is 83.0 Å². The number of halogens is 1. The van der Waals surface area contributed by atoms with Crippen LogP contribution >= 0.6 is 24.0 Å². The molecule has 1 aromatic carbocycles. The van der Waals surface area contributed by atoms with Crippen LogP contribution in [0.15, 0.2) is 29.3 Å². The van der Waals surface area contributed by atoms with E-state index in [0.29, 0.717) is 32.7 Å². The van der Waals surface area contributed by atoms with E-state index in [0.717, 1.165) is 23.5 Å². The zero-order valence-corrected chi connectivity index (χ0v) is 18.4. The number of hydrogen-bond acceptors (Lipinski definition) is 4. The Hall–Kier alpha value is -1.07. The molecule has 0 aliphatic carbocycles. The normalized spacial score (nSPS) is 11.6. The van der Waals surface area contributed by atoms with Gasteiger partial charge in [0.05, 0.1) is 12.9 Å². The Morgan fingerprint density at radius 3 is 2.40 bits per heavy atom. The number of rotatable bonds is 9. The number of guanidine groups is 1. The van der Waals surface area contributed by atoms with E-state index in [1.165, 1.54) is 0 Å². The SMILES string of the molecule is CCOc1ccc(CN(C)C(=NC)NCCCNS(C)(=O)=O)cc1.I. The lowest BCUT2D eigenvalue weighted by atomic mass is 10.2. The van der Waals surface area contributed by atoms with Crippen molar-refractivity contribution in [2.45, 2.75) is 19.9 Å². The van der Waals surface area contributed by atoms with Gasteiger partial charge in [-0.3, -0.25) is 4.99 Å². The fraction of sp³-hybridized carbons (Fsp3) is 0.562. The minimum atomic E-state index is -3.12. The van der Waals surface area contributed by atoms with Gasteiger partial charge in [-0.25, -0.2) is 13.1 Å². The summed E-state index contributed by atoms with van der Waals surface area (Å²) in [5, 5.41) is 3.22. The van der Waals surface area contributed by atoms with E-state index >= 15 is 0 Å². The molecular weight excluding hydrogens is 455 g/mol. The first-order valence-electron chi connectivity index (χ1n) is 7.94. The Morgan fingerprint density at radius 2 is 1.88 bits per heavy atom. The molecule has 0 fully saturated rings. The third-order valence-electron chi connectivity index (χ3n) is 3.23. The molecule has 0 radical (unpaired) electrons. The Morgan fingerprint density at radius 1 is 1.24 bits per heavy atom. The molecule has 0 bridgehead atoms. The Bertz CT molecular complexity index is 621. The summed E-state index contributed by atoms with van der Waals surface area (Å²) in [5.41, 5.74) is 1.16. The molecule has 144 valence electrons. The van der Waals surface area contributed by atoms with E-state index in [1.807, 2.05) is 43.1 Å². The van der Waals surface area contributed by atoms with Crippen LogP contribution in [-0.4, -0.2) is 59.3 Å². The van der Waals surface area contributed by atoms with E-state index in [1.54, 1.807) is 7.05 Å². The van der Waals surface area contributed by atoms with E-state index in [2.05, 4.69) is 15.0 Å². The quantitative estimate of drug-likeness (QED) is 0.241. The van der Waals surface area contributed by atoms with Crippen molar-refractivity contribution in [3.8, 4) is 5.75 Å². The van der Waals surface area contributed by atoms with Crippen LogP contribution in [0.2, 0.25) is 0 Å². The maximum absolute atomic E-state index is 11.0. The maximum Gasteiger partial charge on any atom is 0.208 e. The fourth-order valence-corrected chi connectivity index (χ4v) is 2.65. The largest absolute Gasteiger partial charge is 0.494 e. The number of hydrogen-bond donors (Lipinski definition) is 2. The zero-order chi connectivity index (χ0) is 18.0. The van der Waals surface area contributed by atoms with Crippen molar-refractivity contribution in [3.05, 3.63) is 29.8 Å². The smallest absolute Gasteiger partial charge is 0.208 e. The molecule has 0 aliphatic rings. The van der Waals surface area contributed by atoms with Crippen molar-refractivity contribution in [1.29, 1.82) is 0 Å². The summed E-state index contributed by atoms with van der Waals surface area (Å²) in [6.07, 6.45) is 1.84. The van der Waals surface area contributed by atoms with Gasteiger partial charge in [-0.2, -0.15) is 0 Å².